The Morgan fingerprint density at radius 3 is 1.71 bits per heavy atom. The van der Waals surface area contributed by atoms with Crippen LogP contribution in [0.15, 0.2) is 0 Å². The molecule has 0 heterocycles. The Labute approximate surface area is 42.0 Å². The molecule has 5 N–H and O–H groups in total. The Hall–Kier alpha value is -1.06. The zero-order valence-corrected chi connectivity index (χ0v) is 4.14. The second-order valence-electron chi connectivity index (χ2n) is 0.691. The van der Waals surface area contributed by atoms with Gasteiger partial charge in [0.2, 0.25) is 0 Å². The van der Waals surface area contributed by atoms with Crippen LogP contribution in [0.3, 0.4) is 0 Å². The fourth-order valence-corrected chi connectivity index (χ4v) is 0. The van der Waals surface area contributed by atoms with Crippen LogP contribution < -0.4 is 11.5 Å². The fourth-order valence-electron chi connectivity index (χ4n) is 0. The number of carbonyl (C=O) groups is 1. The lowest BCUT2D eigenvalue weighted by molar-refractivity contribution is -0.106. The molecule has 0 saturated carbocycles. The van der Waals surface area contributed by atoms with Gasteiger partial charge in [-0.3, -0.25) is 5.41 Å². The van der Waals surface area contributed by atoms with E-state index < -0.39 is 0 Å². The maximum atomic E-state index is 8.81. The minimum absolute atomic E-state index is 0.333. The normalized spacial score (nSPS) is 5.29. The average Bonchev–Trinajstić information content (AvgIpc) is 1.33. The highest BCUT2D eigenvalue weighted by molar-refractivity contribution is 5.71. The summed E-state index contributed by atoms with van der Waals surface area (Å²) in [5, 5.41) is 6.06. The van der Waals surface area contributed by atoms with E-state index in [9.17, 15) is 0 Å². The summed E-state index contributed by atoms with van der Waals surface area (Å²) in [5.74, 6) is -0.333. The van der Waals surface area contributed by atoms with Gasteiger partial charge in [0.25, 0.3) is 0 Å². The van der Waals surface area contributed by atoms with Crippen LogP contribution in [0.25, 0.3) is 0 Å². The average molecular weight is 103 g/mol. The van der Waals surface area contributed by atoms with E-state index in [-0.39, 0.29) is 5.96 Å². The first-order valence-corrected chi connectivity index (χ1v) is 1.64. The first kappa shape index (κ1) is 9.34. The van der Waals surface area contributed by atoms with Crippen molar-refractivity contribution in [2.45, 2.75) is 6.92 Å². The Kier molecular flexibility index (Phi) is 11.8. The second-order valence-corrected chi connectivity index (χ2v) is 0.691. The van der Waals surface area contributed by atoms with Crippen molar-refractivity contribution < 1.29 is 4.79 Å². The Morgan fingerprint density at radius 2 is 1.71 bits per heavy atom. The molecule has 0 rings (SSSR count). The molecule has 0 spiro atoms. The highest BCUT2D eigenvalue weighted by Crippen LogP contribution is 1.13. The van der Waals surface area contributed by atoms with E-state index in [1.807, 2.05) is 0 Å². The summed E-state index contributed by atoms with van der Waals surface area (Å²) >= 11 is 0. The lowest BCUT2D eigenvalue weighted by Crippen LogP contribution is -2.20. The van der Waals surface area contributed by atoms with Gasteiger partial charge in [0.05, 0.1) is 0 Å². The molecule has 0 aliphatic carbocycles. The summed E-state index contributed by atoms with van der Waals surface area (Å²) < 4.78 is 0. The summed E-state index contributed by atoms with van der Waals surface area (Å²) in [6.07, 6.45) is 0.750. The number of nitrogens with two attached hydrogens (primary N) is 2. The van der Waals surface area contributed by atoms with Crippen molar-refractivity contribution in [3.63, 3.8) is 0 Å². The van der Waals surface area contributed by atoms with E-state index in [4.69, 9.17) is 10.2 Å². The predicted octanol–water partition coefficient (Wildman–Crippen LogP) is -0.956. The van der Waals surface area contributed by atoms with Crippen LogP contribution in [0.1, 0.15) is 6.92 Å². The van der Waals surface area contributed by atoms with Gasteiger partial charge in [0.15, 0.2) is 5.96 Å². The Morgan fingerprint density at radius 1 is 1.71 bits per heavy atom. The molecule has 0 bridgehead atoms. The van der Waals surface area contributed by atoms with Gasteiger partial charge in [-0.25, -0.2) is 0 Å². The van der Waals surface area contributed by atoms with Crippen LogP contribution >= 0.6 is 0 Å². The van der Waals surface area contributed by atoms with Gasteiger partial charge >= 0.3 is 0 Å². The topological polar surface area (TPSA) is 93.0 Å². The fraction of sp³-hybridized carbons (Fsp3) is 0.333. The molecular weight excluding hydrogens is 94.1 g/mol. The summed E-state index contributed by atoms with van der Waals surface area (Å²) in [4.78, 5) is 8.81. The molecular formula is C3H9N3O. The largest absolute Gasteiger partial charge is 0.370 e. The molecule has 0 unspecified atom stereocenters. The second kappa shape index (κ2) is 8.87. The highest BCUT2D eigenvalue weighted by Gasteiger charge is 1.52. The predicted molar refractivity (Wildman–Crippen MR) is 27.8 cm³/mol. The van der Waals surface area contributed by atoms with E-state index in [1.165, 1.54) is 6.92 Å². The van der Waals surface area contributed by atoms with Crippen molar-refractivity contribution in [3.05, 3.63) is 0 Å². The summed E-state index contributed by atoms with van der Waals surface area (Å²) in [7, 11) is 0. The van der Waals surface area contributed by atoms with E-state index in [2.05, 4.69) is 11.5 Å². The van der Waals surface area contributed by atoms with Crippen molar-refractivity contribution in [2.75, 3.05) is 0 Å². The van der Waals surface area contributed by atoms with Crippen LogP contribution in [0.5, 0.6) is 0 Å². The minimum atomic E-state index is -0.333. The van der Waals surface area contributed by atoms with Crippen molar-refractivity contribution >= 4 is 12.2 Å². The van der Waals surface area contributed by atoms with Crippen molar-refractivity contribution in [1.29, 1.82) is 5.41 Å². The maximum absolute atomic E-state index is 8.81. The number of carbonyl (C=O) groups excluding carboxylic acids is 1. The molecule has 0 atom stereocenters. The van der Waals surface area contributed by atoms with Crippen LogP contribution in [-0.4, -0.2) is 12.2 Å². The van der Waals surface area contributed by atoms with Gasteiger partial charge < -0.3 is 16.3 Å². The van der Waals surface area contributed by atoms with Gasteiger partial charge in [-0.2, -0.15) is 0 Å². The smallest absolute Gasteiger partial charge is 0.183 e. The summed E-state index contributed by atoms with van der Waals surface area (Å²) in [6, 6.07) is 0. The molecule has 0 aromatic rings. The molecule has 0 aliphatic heterocycles. The van der Waals surface area contributed by atoms with Crippen molar-refractivity contribution in [1.82, 2.24) is 0 Å². The Bertz CT molecular complexity index is 57.2. The molecule has 4 nitrogen and oxygen atoms in total. The van der Waals surface area contributed by atoms with Crippen LogP contribution in [-0.2, 0) is 4.79 Å². The van der Waals surface area contributed by atoms with E-state index in [1.54, 1.807) is 0 Å². The molecule has 7 heavy (non-hydrogen) atoms. The molecule has 0 aromatic heterocycles. The van der Waals surface area contributed by atoms with Crippen molar-refractivity contribution in [2.24, 2.45) is 11.5 Å². The first-order chi connectivity index (χ1) is 3.15. The van der Waals surface area contributed by atoms with E-state index in [0.29, 0.717) is 0 Å². The molecule has 0 saturated heterocycles. The van der Waals surface area contributed by atoms with E-state index >= 15 is 0 Å². The zero-order valence-electron chi connectivity index (χ0n) is 4.14. The number of nitrogens with one attached hydrogen (secondary N) is 1. The number of rotatable bonds is 0. The monoisotopic (exact) mass is 103 g/mol. The number of hydrogen-bond donors (Lipinski definition) is 3. The van der Waals surface area contributed by atoms with Crippen LogP contribution in [0.4, 0.5) is 0 Å². The lowest BCUT2D eigenvalue weighted by atomic mass is 11.0. The third kappa shape index (κ3) is 38.0. The van der Waals surface area contributed by atoms with Gasteiger partial charge in [-0.05, 0) is 6.92 Å². The minimum Gasteiger partial charge on any atom is -0.370 e. The van der Waals surface area contributed by atoms with Gasteiger partial charge in [0, 0.05) is 0 Å². The molecule has 0 radical (unpaired) electrons. The molecule has 0 fully saturated rings. The quantitative estimate of drug-likeness (QED) is 0.209. The van der Waals surface area contributed by atoms with E-state index in [0.717, 1.165) is 6.29 Å². The zero-order chi connectivity index (χ0) is 6.28. The lowest BCUT2D eigenvalue weighted by Gasteiger charge is -1.69. The number of aldehydes is 1. The third-order valence-electron chi connectivity index (χ3n) is 0. The summed E-state index contributed by atoms with van der Waals surface area (Å²) in [5.41, 5.74) is 8.94. The van der Waals surface area contributed by atoms with Gasteiger partial charge in [-0.15, -0.1) is 0 Å². The highest BCUT2D eigenvalue weighted by atomic mass is 16.1. The number of guanidine groups is 1. The first-order valence-electron chi connectivity index (χ1n) is 1.64. The molecule has 4 heteroatoms. The maximum Gasteiger partial charge on any atom is 0.183 e. The standard InChI is InChI=1S/C2H4O.CH5N3/c1-2-3;2-1(3)4/h2H,1H3;(H5,2,3,4). The SMILES string of the molecule is CC=O.N=C(N)N. The van der Waals surface area contributed by atoms with Crippen molar-refractivity contribution in [3.8, 4) is 0 Å². The third-order valence-corrected chi connectivity index (χ3v) is 0. The van der Waals surface area contributed by atoms with Crippen LogP contribution in [0.2, 0.25) is 0 Å². The molecule has 0 aliphatic rings. The van der Waals surface area contributed by atoms with Gasteiger partial charge in [0.1, 0.15) is 6.29 Å². The van der Waals surface area contributed by atoms with Crippen LogP contribution in [0, 0.1) is 5.41 Å². The van der Waals surface area contributed by atoms with Gasteiger partial charge in [-0.1, -0.05) is 0 Å². The number of hydrogen-bond acceptors (Lipinski definition) is 2. The molecule has 42 valence electrons. The summed E-state index contributed by atoms with van der Waals surface area (Å²) in [6.45, 7) is 1.44. The molecule has 0 amide bonds. The molecule has 0 aromatic carbocycles. The Balaban J connectivity index is 0.